The molecule has 1 aliphatic carbocycles. The molecule has 0 radical (unpaired) electrons. The van der Waals surface area contributed by atoms with E-state index in [1.807, 2.05) is 13.8 Å². The van der Waals surface area contributed by atoms with Crippen LogP contribution in [-0.4, -0.2) is 35.3 Å². The number of nitrogens with one attached hydrogen (secondary N) is 1. The molecule has 4 heteroatoms. The molecule has 1 N–H and O–H groups in total. The van der Waals surface area contributed by atoms with Crippen LogP contribution in [0.5, 0.6) is 0 Å². The van der Waals surface area contributed by atoms with Gasteiger partial charge in [-0.3, -0.25) is 9.59 Å². The Morgan fingerprint density at radius 2 is 2.00 bits per heavy atom. The summed E-state index contributed by atoms with van der Waals surface area (Å²) in [6.07, 6.45) is 3.17. The van der Waals surface area contributed by atoms with Crippen LogP contribution < -0.4 is 5.32 Å². The third-order valence-corrected chi connectivity index (χ3v) is 4.67. The van der Waals surface area contributed by atoms with Crippen LogP contribution in [0.15, 0.2) is 0 Å². The van der Waals surface area contributed by atoms with Crippen molar-refractivity contribution in [1.29, 1.82) is 0 Å². The SMILES string of the molecule is CC1(C)CCCC1C(=O)N1CCNC(=O)C1(C)C. The number of carbonyl (C=O) groups is 2. The molecule has 0 aromatic heterocycles. The number of hydrogen-bond acceptors (Lipinski definition) is 2. The van der Waals surface area contributed by atoms with Crippen molar-refractivity contribution in [1.82, 2.24) is 10.2 Å². The van der Waals surface area contributed by atoms with Crippen LogP contribution in [0.4, 0.5) is 0 Å². The van der Waals surface area contributed by atoms with Crippen molar-refractivity contribution in [2.75, 3.05) is 13.1 Å². The van der Waals surface area contributed by atoms with Gasteiger partial charge in [-0.15, -0.1) is 0 Å². The third-order valence-electron chi connectivity index (χ3n) is 4.67. The van der Waals surface area contributed by atoms with Crippen molar-refractivity contribution >= 4 is 11.8 Å². The Bertz CT molecular complexity index is 374. The Morgan fingerprint density at radius 3 is 2.56 bits per heavy atom. The number of amides is 2. The molecule has 0 bridgehead atoms. The summed E-state index contributed by atoms with van der Waals surface area (Å²) in [6, 6.07) is 0. The van der Waals surface area contributed by atoms with E-state index in [1.165, 1.54) is 0 Å². The lowest BCUT2D eigenvalue weighted by Gasteiger charge is -2.44. The Kier molecular flexibility index (Phi) is 3.16. The minimum Gasteiger partial charge on any atom is -0.352 e. The number of piperazine rings is 1. The van der Waals surface area contributed by atoms with Crippen LogP contribution in [-0.2, 0) is 9.59 Å². The Hall–Kier alpha value is -1.06. The lowest BCUT2D eigenvalue weighted by atomic mass is 9.80. The number of rotatable bonds is 1. The van der Waals surface area contributed by atoms with E-state index in [2.05, 4.69) is 19.2 Å². The van der Waals surface area contributed by atoms with E-state index in [0.717, 1.165) is 19.3 Å². The molecule has 1 atom stereocenters. The van der Waals surface area contributed by atoms with Crippen molar-refractivity contribution in [2.45, 2.75) is 52.5 Å². The van der Waals surface area contributed by atoms with Gasteiger partial charge in [-0.05, 0) is 32.1 Å². The fourth-order valence-corrected chi connectivity index (χ4v) is 3.26. The van der Waals surface area contributed by atoms with Gasteiger partial charge in [0, 0.05) is 19.0 Å². The van der Waals surface area contributed by atoms with Gasteiger partial charge in [0.15, 0.2) is 0 Å². The lowest BCUT2D eigenvalue weighted by Crippen LogP contribution is -2.64. The minimum absolute atomic E-state index is 0.0436. The Balaban J connectivity index is 2.20. The Morgan fingerprint density at radius 1 is 1.33 bits per heavy atom. The summed E-state index contributed by atoms with van der Waals surface area (Å²) >= 11 is 0. The maximum absolute atomic E-state index is 12.7. The molecule has 4 nitrogen and oxygen atoms in total. The van der Waals surface area contributed by atoms with Crippen LogP contribution in [0, 0.1) is 11.3 Å². The largest absolute Gasteiger partial charge is 0.352 e. The average Bonchev–Trinajstić information content (AvgIpc) is 2.61. The second kappa shape index (κ2) is 4.25. The molecule has 0 spiro atoms. The van der Waals surface area contributed by atoms with Gasteiger partial charge in [0.05, 0.1) is 0 Å². The molecule has 0 aromatic carbocycles. The van der Waals surface area contributed by atoms with Crippen LogP contribution in [0.3, 0.4) is 0 Å². The molecule has 1 unspecified atom stereocenters. The van der Waals surface area contributed by atoms with E-state index in [0.29, 0.717) is 13.1 Å². The zero-order valence-electron chi connectivity index (χ0n) is 11.9. The number of carbonyl (C=O) groups excluding carboxylic acids is 2. The van der Waals surface area contributed by atoms with Crippen LogP contribution >= 0.6 is 0 Å². The van der Waals surface area contributed by atoms with E-state index >= 15 is 0 Å². The molecule has 2 aliphatic rings. The second-order valence-electron chi connectivity index (χ2n) is 6.74. The van der Waals surface area contributed by atoms with Crippen molar-refractivity contribution in [3.63, 3.8) is 0 Å². The molecule has 1 saturated carbocycles. The predicted octanol–water partition coefficient (Wildman–Crippen LogP) is 1.55. The highest BCUT2D eigenvalue weighted by atomic mass is 16.2. The highest BCUT2D eigenvalue weighted by Gasteiger charge is 2.47. The van der Waals surface area contributed by atoms with Crippen molar-refractivity contribution < 1.29 is 9.59 Å². The summed E-state index contributed by atoms with van der Waals surface area (Å²) in [5.74, 6) is 0.193. The zero-order valence-corrected chi connectivity index (χ0v) is 11.9. The molecule has 102 valence electrons. The topological polar surface area (TPSA) is 49.4 Å². The molecular weight excluding hydrogens is 228 g/mol. The van der Waals surface area contributed by atoms with Gasteiger partial charge in [-0.2, -0.15) is 0 Å². The van der Waals surface area contributed by atoms with Gasteiger partial charge in [0.2, 0.25) is 11.8 Å². The molecule has 2 amide bonds. The first-order valence-electron chi connectivity index (χ1n) is 6.86. The predicted molar refractivity (Wildman–Crippen MR) is 69.9 cm³/mol. The van der Waals surface area contributed by atoms with Crippen LogP contribution in [0.1, 0.15) is 47.0 Å². The van der Waals surface area contributed by atoms with Gasteiger partial charge in [0.25, 0.3) is 0 Å². The van der Waals surface area contributed by atoms with Gasteiger partial charge in [-0.1, -0.05) is 20.3 Å². The molecular formula is C14H24N2O2. The first kappa shape index (κ1) is 13.4. The van der Waals surface area contributed by atoms with Crippen LogP contribution in [0.2, 0.25) is 0 Å². The quantitative estimate of drug-likeness (QED) is 0.769. The molecule has 1 saturated heterocycles. The summed E-state index contributed by atoms with van der Waals surface area (Å²) < 4.78 is 0. The summed E-state index contributed by atoms with van der Waals surface area (Å²) in [6.45, 7) is 9.20. The van der Waals surface area contributed by atoms with Gasteiger partial charge in [-0.25, -0.2) is 0 Å². The second-order valence-corrected chi connectivity index (χ2v) is 6.74. The molecule has 18 heavy (non-hydrogen) atoms. The maximum atomic E-state index is 12.7. The summed E-state index contributed by atoms with van der Waals surface area (Å²) in [5.41, 5.74) is -0.644. The van der Waals surface area contributed by atoms with E-state index in [4.69, 9.17) is 0 Å². The smallest absolute Gasteiger partial charge is 0.245 e. The maximum Gasteiger partial charge on any atom is 0.245 e. The average molecular weight is 252 g/mol. The number of nitrogens with zero attached hydrogens (tertiary/aromatic N) is 1. The van der Waals surface area contributed by atoms with E-state index in [9.17, 15) is 9.59 Å². The fraction of sp³-hybridized carbons (Fsp3) is 0.857. The van der Waals surface area contributed by atoms with Gasteiger partial charge < -0.3 is 10.2 Å². The van der Waals surface area contributed by atoms with Crippen molar-refractivity contribution in [2.24, 2.45) is 11.3 Å². The summed E-state index contributed by atoms with van der Waals surface area (Å²) in [7, 11) is 0. The number of hydrogen-bond donors (Lipinski definition) is 1. The fourth-order valence-electron chi connectivity index (χ4n) is 3.26. The highest BCUT2D eigenvalue weighted by Crippen LogP contribution is 2.44. The van der Waals surface area contributed by atoms with Crippen molar-refractivity contribution in [3.8, 4) is 0 Å². The standard InChI is InChI=1S/C14H24N2O2/c1-13(2)7-5-6-10(13)11(17)16-9-8-15-12(18)14(16,3)4/h10H,5-9H2,1-4H3,(H,15,18). The van der Waals surface area contributed by atoms with E-state index in [1.54, 1.807) is 4.90 Å². The monoisotopic (exact) mass is 252 g/mol. The first-order chi connectivity index (χ1) is 8.27. The molecule has 1 aliphatic heterocycles. The van der Waals surface area contributed by atoms with Crippen molar-refractivity contribution in [3.05, 3.63) is 0 Å². The lowest BCUT2D eigenvalue weighted by molar-refractivity contribution is -0.154. The first-order valence-corrected chi connectivity index (χ1v) is 6.86. The summed E-state index contributed by atoms with van der Waals surface area (Å²) in [4.78, 5) is 26.4. The van der Waals surface area contributed by atoms with E-state index in [-0.39, 0.29) is 23.1 Å². The highest BCUT2D eigenvalue weighted by molar-refractivity contribution is 5.92. The van der Waals surface area contributed by atoms with Gasteiger partial charge >= 0.3 is 0 Å². The van der Waals surface area contributed by atoms with Gasteiger partial charge in [0.1, 0.15) is 5.54 Å². The molecule has 1 heterocycles. The summed E-state index contributed by atoms with van der Waals surface area (Å²) in [5, 5.41) is 2.84. The normalized spacial score (nSPS) is 30.1. The Labute approximate surface area is 109 Å². The zero-order chi connectivity index (χ0) is 13.6. The molecule has 2 rings (SSSR count). The van der Waals surface area contributed by atoms with E-state index < -0.39 is 5.54 Å². The molecule has 2 fully saturated rings. The third kappa shape index (κ3) is 2.02. The van der Waals surface area contributed by atoms with Crippen LogP contribution in [0.25, 0.3) is 0 Å². The molecule has 0 aromatic rings. The minimum atomic E-state index is -0.714.